The van der Waals surface area contributed by atoms with E-state index in [-0.39, 0.29) is 11.7 Å². The number of aromatic nitrogens is 3. The number of rotatable bonds is 7. The minimum Gasteiger partial charge on any atom is -0.338 e. The molecule has 7 nitrogen and oxygen atoms in total. The highest BCUT2D eigenvalue weighted by molar-refractivity contribution is 7.99. The lowest BCUT2D eigenvalue weighted by Gasteiger charge is -2.11. The first-order valence-corrected chi connectivity index (χ1v) is 10.7. The molecule has 0 aliphatic rings. The lowest BCUT2D eigenvalue weighted by Crippen LogP contribution is -2.41. The maximum absolute atomic E-state index is 12.2. The maximum Gasteiger partial charge on any atom is 0.321 e. The molecule has 0 unspecified atom stereocenters. The molecule has 1 heterocycles. The molecular formula is C22H25N5O2S. The van der Waals surface area contributed by atoms with Gasteiger partial charge in [0.1, 0.15) is 0 Å². The zero-order valence-corrected chi connectivity index (χ0v) is 18.1. The van der Waals surface area contributed by atoms with Crippen LogP contribution in [0.25, 0.3) is 17.1 Å². The van der Waals surface area contributed by atoms with Crippen LogP contribution >= 0.6 is 11.8 Å². The van der Waals surface area contributed by atoms with E-state index in [0.717, 1.165) is 16.8 Å². The van der Waals surface area contributed by atoms with Gasteiger partial charge in [-0.05, 0) is 25.0 Å². The van der Waals surface area contributed by atoms with Gasteiger partial charge in [-0.2, -0.15) is 0 Å². The fourth-order valence-corrected chi connectivity index (χ4v) is 3.45. The summed E-state index contributed by atoms with van der Waals surface area (Å²) in [7, 11) is 0. The summed E-state index contributed by atoms with van der Waals surface area (Å²) in [5.74, 6) is 0.663. The number of thioether (sulfide) groups is 1. The van der Waals surface area contributed by atoms with E-state index >= 15 is 0 Å². The van der Waals surface area contributed by atoms with Crippen LogP contribution in [0.15, 0.2) is 59.8 Å². The first-order valence-electron chi connectivity index (χ1n) is 9.72. The van der Waals surface area contributed by atoms with Crippen LogP contribution in [-0.2, 0) is 4.79 Å². The number of hydrogen-bond donors (Lipinski definition) is 2. The molecular weight excluding hydrogens is 398 g/mol. The summed E-state index contributed by atoms with van der Waals surface area (Å²) >= 11 is 1.23. The van der Waals surface area contributed by atoms with Gasteiger partial charge in [-0.15, -0.1) is 10.2 Å². The second-order valence-electron chi connectivity index (χ2n) is 7.28. The minimum atomic E-state index is -0.487. The Hall–Kier alpha value is -3.13. The third kappa shape index (κ3) is 5.70. The van der Waals surface area contributed by atoms with Gasteiger partial charge in [-0.3, -0.25) is 14.7 Å². The van der Waals surface area contributed by atoms with E-state index in [2.05, 4.69) is 20.8 Å². The van der Waals surface area contributed by atoms with Crippen LogP contribution < -0.4 is 10.6 Å². The average Bonchev–Trinajstić information content (AvgIpc) is 3.16. The van der Waals surface area contributed by atoms with Gasteiger partial charge in [0.05, 0.1) is 5.75 Å². The number of carbonyl (C=O) groups is 2. The molecule has 0 bridgehead atoms. The largest absolute Gasteiger partial charge is 0.338 e. The van der Waals surface area contributed by atoms with E-state index in [4.69, 9.17) is 0 Å². The van der Waals surface area contributed by atoms with Gasteiger partial charge in [-0.1, -0.05) is 73.6 Å². The van der Waals surface area contributed by atoms with Crippen molar-refractivity contribution in [1.82, 2.24) is 25.4 Å². The maximum atomic E-state index is 12.2. The van der Waals surface area contributed by atoms with Crippen LogP contribution in [0.1, 0.15) is 19.4 Å². The number of amides is 3. The summed E-state index contributed by atoms with van der Waals surface area (Å²) in [6.07, 6.45) is 0. The van der Waals surface area contributed by atoms with Crippen LogP contribution in [0.3, 0.4) is 0 Å². The molecule has 8 heteroatoms. The third-order valence-corrected chi connectivity index (χ3v) is 5.14. The highest BCUT2D eigenvalue weighted by Crippen LogP contribution is 2.28. The third-order valence-electron chi connectivity index (χ3n) is 4.21. The standard InChI is InChI=1S/C22H25N5O2S/c1-15(2)13-23-21(29)24-19(28)14-30-22-26-25-20(17-7-5-4-6-8-17)27(22)18-11-9-16(3)10-12-18/h4-12,15H,13-14H2,1-3H3,(H2,23,24,28,29). The van der Waals surface area contributed by atoms with Crippen molar-refractivity contribution in [2.75, 3.05) is 12.3 Å². The lowest BCUT2D eigenvalue weighted by atomic mass is 10.2. The molecule has 30 heavy (non-hydrogen) atoms. The Bertz CT molecular complexity index is 1000. The van der Waals surface area contributed by atoms with E-state index < -0.39 is 6.03 Å². The normalized spacial score (nSPS) is 10.8. The zero-order chi connectivity index (χ0) is 21.5. The number of carbonyl (C=O) groups excluding carboxylic acids is 2. The van der Waals surface area contributed by atoms with Crippen LogP contribution in [0.2, 0.25) is 0 Å². The van der Waals surface area contributed by atoms with Crippen LogP contribution in [0, 0.1) is 12.8 Å². The van der Waals surface area contributed by atoms with E-state index in [1.54, 1.807) is 0 Å². The molecule has 0 saturated heterocycles. The summed E-state index contributed by atoms with van der Waals surface area (Å²) in [6, 6.07) is 17.3. The van der Waals surface area contributed by atoms with Crippen molar-refractivity contribution in [2.45, 2.75) is 25.9 Å². The van der Waals surface area contributed by atoms with Crippen molar-refractivity contribution in [3.63, 3.8) is 0 Å². The molecule has 1 aromatic heterocycles. The Balaban J connectivity index is 1.78. The highest BCUT2D eigenvalue weighted by Gasteiger charge is 2.18. The van der Waals surface area contributed by atoms with Gasteiger partial charge in [0.25, 0.3) is 0 Å². The van der Waals surface area contributed by atoms with Crippen LogP contribution in [-0.4, -0.2) is 39.0 Å². The molecule has 3 amide bonds. The summed E-state index contributed by atoms with van der Waals surface area (Å²) < 4.78 is 1.92. The Kier molecular flexibility index (Phi) is 7.24. The second kappa shape index (κ2) is 10.1. The smallest absolute Gasteiger partial charge is 0.321 e. The molecule has 0 aliphatic heterocycles. The van der Waals surface area contributed by atoms with Gasteiger partial charge < -0.3 is 5.32 Å². The summed E-state index contributed by atoms with van der Waals surface area (Å²) in [6.45, 7) is 6.51. The fourth-order valence-electron chi connectivity index (χ4n) is 2.70. The molecule has 0 atom stereocenters. The van der Waals surface area contributed by atoms with Gasteiger partial charge in [0.15, 0.2) is 11.0 Å². The quantitative estimate of drug-likeness (QED) is 0.564. The minimum absolute atomic E-state index is 0.0495. The number of hydrogen-bond acceptors (Lipinski definition) is 5. The van der Waals surface area contributed by atoms with E-state index in [9.17, 15) is 9.59 Å². The van der Waals surface area contributed by atoms with E-state index in [1.807, 2.05) is 79.9 Å². The summed E-state index contributed by atoms with van der Waals surface area (Å²) in [4.78, 5) is 24.0. The van der Waals surface area contributed by atoms with Crippen molar-refractivity contribution < 1.29 is 9.59 Å². The van der Waals surface area contributed by atoms with Gasteiger partial charge in [0, 0.05) is 17.8 Å². The Morgan fingerprint density at radius 1 is 1.03 bits per heavy atom. The topological polar surface area (TPSA) is 88.9 Å². The Morgan fingerprint density at radius 3 is 2.40 bits per heavy atom. The summed E-state index contributed by atoms with van der Waals surface area (Å²) in [5.41, 5.74) is 2.98. The van der Waals surface area contributed by atoms with Crippen molar-refractivity contribution in [3.05, 3.63) is 60.2 Å². The second-order valence-corrected chi connectivity index (χ2v) is 8.23. The number of aryl methyl sites for hydroxylation is 1. The predicted octanol–water partition coefficient (Wildman–Crippen LogP) is 3.82. The van der Waals surface area contributed by atoms with Crippen molar-refractivity contribution in [2.24, 2.45) is 5.92 Å². The zero-order valence-electron chi connectivity index (χ0n) is 17.3. The van der Waals surface area contributed by atoms with Crippen molar-refractivity contribution >= 4 is 23.7 Å². The molecule has 3 rings (SSSR count). The molecule has 0 aliphatic carbocycles. The molecule has 0 fully saturated rings. The average molecular weight is 424 g/mol. The molecule has 156 valence electrons. The fraction of sp³-hybridized carbons (Fsp3) is 0.273. The van der Waals surface area contributed by atoms with Crippen molar-refractivity contribution in [1.29, 1.82) is 0 Å². The van der Waals surface area contributed by atoms with Crippen LogP contribution in [0.5, 0.6) is 0 Å². The molecule has 0 spiro atoms. The molecule has 0 radical (unpaired) electrons. The lowest BCUT2D eigenvalue weighted by molar-refractivity contribution is -0.117. The van der Waals surface area contributed by atoms with Gasteiger partial charge >= 0.3 is 6.03 Å². The molecule has 2 N–H and O–H groups in total. The monoisotopic (exact) mass is 423 g/mol. The van der Waals surface area contributed by atoms with Gasteiger partial charge in [0.2, 0.25) is 5.91 Å². The van der Waals surface area contributed by atoms with Crippen molar-refractivity contribution in [3.8, 4) is 17.1 Å². The SMILES string of the molecule is Cc1ccc(-n2c(SCC(=O)NC(=O)NCC(C)C)nnc2-c2ccccc2)cc1. The summed E-state index contributed by atoms with van der Waals surface area (Å²) in [5, 5.41) is 14.2. The number of urea groups is 1. The first-order chi connectivity index (χ1) is 14.4. The molecule has 3 aromatic rings. The highest BCUT2D eigenvalue weighted by atomic mass is 32.2. The van der Waals surface area contributed by atoms with Crippen LogP contribution in [0.4, 0.5) is 4.79 Å². The number of imide groups is 1. The number of benzene rings is 2. The number of nitrogens with zero attached hydrogens (tertiary/aromatic N) is 3. The molecule has 2 aromatic carbocycles. The van der Waals surface area contributed by atoms with E-state index in [0.29, 0.717) is 23.4 Å². The number of nitrogens with one attached hydrogen (secondary N) is 2. The molecule has 0 saturated carbocycles. The first kappa shape index (κ1) is 21.6. The Morgan fingerprint density at radius 2 is 1.73 bits per heavy atom. The van der Waals surface area contributed by atoms with E-state index in [1.165, 1.54) is 11.8 Å². The predicted molar refractivity (Wildman–Crippen MR) is 119 cm³/mol. The van der Waals surface area contributed by atoms with Gasteiger partial charge in [-0.25, -0.2) is 4.79 Å². The Labute approximate surface area is 180 Å².